The first kappa shape index (κ1) is 26.6. The fraction of sp³-hybridized carbons (Fsp3) is 0.586. The van der Waals surface area contributed by atoms with Crippen LogP contribution in [0.25, 0.3) is 5.30 Å². The summed E-state index contributed by atoms with van der Waals surface area (Å²) in [5.74, 6) is 2.70. The Morgan fingerprint density at radius 2 is 1.25 bits per heavy atom. The molecule has 0 spiro atoms. The number of hydrogen-bond donors (Lipinski definition) is 0. The Morgan fingerprint density at radius 3 is 1.66 bits per heavy atom. The van der Waals surface area contributed by atoms with Gasteiger partial charge in [0.25, 0.3) is 0 Å². The quantitative estimate of drug-likeness (QED) is 0.422. The maximum absolute atomic E-state index is 13.5. The topological polar surface area (TPSA) is 34.1 Å². The van der Waals surface area contributed by atoms with Gasteiger partial charge in [0, 0.05) is 29.0 Å². The van der Waals surface area contributed by atoms with Gasteiger partial charge in [-0.2, -0.15) is 0 Å². The number of rotatable bonds is 5. The van der Waals surface area contributed by atoms with Gasteiger partial charge in [0.15, 0.2) is 11.6 Å². The summed E-state index contributed by atoms with van der Waals surface area (Å²) in [5, 5.41) is 2.16. The lowest BCUT2D eigenvalue weighted by Gasteiger charge is -2.36. The summed E-state index contributed by atoms with van der Waals surface area (Å²) >= 11 is 0. The molecule has 0 saturated carbocycles. The number of benzene rings is 1. The Balaban J connectivity index is 3.29. The molecule has 0 radical (unpaired) electrons. The van der Waals surface area contributed by atoms with E-state index in [2.05, 4.69) is 87.2 Å². The number of carbonyl (C=O) groups is 2. The van der Waals surface area contributed by atoms with E-state index in [1.54, 1.807) is 0 Å². The van der Waals surface area contributed by atoms with Crippen molar-refractivity contribution in [2.75, 3.05) is 0 Å². The van der Waals surface area contributed by atoms with Gasteiger partial charge >= 0.3 is 0 Å². The second-order valence-corrected chi connectivity index (χ2v) is 14.1. The summed E-state index contributed by atoms with van der Waals surface area (Å²) in [6.45, 7) is 26.0. The van der Waals surface area contributed by atoms with Crippen molar-refractivity contribution in [1.29, 1.82) is 0 Å². The number of aryl methyl sites for hydroxylation is 1. The molecule has 1 aromatic heterocycles. The summed E-state index contributed by atoms with van der Waals surface area (Å²) in [6.07, 6.45) is 0.978. The summed E-state index contributed by atoms with van der Waals surface area (Å²) < 4.78 is 0. The average molecular weight is 455 g/mol. The van der Waals surface area contributed by atoms with E-state index in [9.17, 15) is 9.59 Å². The zero-order chi connectivity index (χ0) is 24.8. The zero-order valence-electron chi connectivity index (χ0n) is 22.4. The predicted octanol–water partition coefficient (Wildman–Crippen LogP) is 9.05. The highest BCUT2D eigenvalue weighted by atomic mass is 31.1. The van der Waals surface area contributed by atoms with Gasteiger partial charge in [-0.05, 0) is 57.3 Å². The van der Waals surface area contributed by atoms with Gasteiger partial charge in [0.1, 0.15) is 0 Å². The molecule has 0 aliphatic carbocycles. The maximum Gasteiger partial charge on any atom is 0.166 e. The lowest BCUT2D eigenvalue weighted by molar-refractivity contribution is 0.0979. The normalized spacial score (nSPS) is 13.4. The first-order chi connectivity index (χ1) is 14.4. The highest BCUT2D eigenvalue weighted by Gasteiger charge is 2.36. The van der Waals surface area contributed by atoms with Gasteiger partial charge in [-0.3, -0.25) is 9.59 Å². The highest BCUT2D eigenvalue weighted by Crippen LogP contribution is 2.56. The smallest absolute Gasteiger partial charge is 0.166 e. The third kappa shape index (κ3) is 5.12. The molecule has 1 atom stereocenters. The van der Waals surface area contributed by atoms with E-state index in [1.807, 2.05) is 13.8 Å². The third-order valence-corrected chi connectivity index (χ3v) is 8.58. The van der Waals surface area contributed by atoms with Gasteiger partial charge in [-0.25, -0.2) is 0 Å². The first-order valence-electron chi connectivity index (χ1n) is 11.9. The van der Waals surface area contributed by atoms with Crippen LogP contribution < -0.4 is 0 Å². The molecule has 0 bridgehead atoms. The number of hydrogen-bond acceptors (Lipinski definition) is 2. The monoisotopic (exact) mass is 454 g/mol. The Morgan fingerprint density at radius 1 is 0.750 bits per heavy atom. The molecule has 1 aromatic carbocycles. The van der Waals surface area contributed by atoms with E-state index in [1.165, 1.54) is 10.9 Å². The maximum atomic E-state index is 13.5. The van der Waals surface area contributed by atoms with Crippen LogP contribution in [0.5, 0.6) is 0 Å². The van der Waals surface area contributed by atoms with Crippen LogP contribution in [0, 0.1) is 6.92 Å². The first-order valence-corrected chi connectivity index (χ1v) is 13.3. The molecule has 2 rings (SSSR count). The average Bonchev–Trinajstić information content (AvgIpc) is 3.04. The minimum atomic E-state index is -0.955. The molecule has 2 nitrogen and oxygen atoms in total. The molecule has 2 aromatic rings. The molecule has 0 amide bonds. The van der Waals surface area contributed by atoms with Crippen molar-refractivity contribution in [3.05, 3.63) is 51.0 Å². The van der Waals surface area contributed by atoms with E-state index >= 15 is 0 Å². The van der Waals surface area contributed by atoms with Crippen molar-refractivity contribution in [3.8, 4) is 5.30 Å². The Hall–Kier alpha value is -1.66. The van der Waals surface area contributed by atoms with Crippen LogP contribution in [-0.2, 0) is 16.2 Å². The Labute approximate surface area is 197 Å². The molecule has 3 heteroatoms. The second kappa shape index (κ2) is 8.94. The van der Waals surface area contributed by atoms with Gasteiger partial charge in [0.05, 0.1) is 0 Å². The SMILES string of the molecule is CCC(=O)c1c(C(C)(C)C)cc(C(C)(C)C)c(-p2cc(C)cc2C(=O)CC)c1C(C)(C)C. The van der Waals surface area contributed by atoms with Crippen molar-refractivity contribution in [1.82, 2.24) is 0 Å². The van der Waals surface area contributed by atoms with Gasteiger partial charge < -0.3 is 0 Å². The van der Waals surface area contributed by atoms with Gasteiger partial charge in [-0.1, -0.05) is 89.8 Å². The van der Waals surface area contributed by atoms with Crippen molar-refractivity contribution in [2.45, 2.75) is 112 Å². The number of carbonyl (C=O) groups excluding carboxylic acids is 2. The molecule has 1 heterocycles. The molecule has 0 aliphatic heterocycles. The molecule has 0 fully saturated rings. The van der Waals surface area contributed by atoms with E-state index in [4.69, 9.17) is 0 Å². The largest absolute Gasteiger partial charge is 0.294 e. The van der Waals surface area contributed by atoms with Crippen LogP contribution in [0.3, 0.4) is 0 Å². The predicted molar refractivity (Wildman–Crippen MR) is 141 cm³/mol. The molecule has 176 valence electrons. The van der Waals surface area contributed by atoms with Crippen molar-refractivity contribution < 1.29 is 9.59 Å². The fourth-order valence-corrected chi connectivity index (χ4v) is 7.57. The summed E-state index contributed by atoms with van der Waals surface area (Å²) in [6, 6.07) is 4.38. The van der Waals surface area contributed by atoms with Crippen LogP contribution in [-0.4, -0.2) is 11.6 Å². The van der Waals surface area contributed by atoms with Crippen LogP contribution in [0.1, 0.15) is 132 Å². The zero-order valence-corrected chi connectivity index (χ0v) is 23.3. The van der Waals surface area contributed by atoms with E-state index < -0.39 is 7.53 Å². The van der Waals surface area contributed by atoms with E-state index in [-0.39, 0.29) is 27.8 Å². The summed E-state index contributed by atoms with van der Waals surface area (Å²) in [5.41, 5.74) is 5.08. The number of ketones is 2. The molecule has 1 unspecified atom stereocenters. The van der Waals surface area contributed by atoms with E-state index in [0.29, 0.717) is 12.8 Å². The van der Waals surface area contributed by atoms with Crippen LogP contribution >= 0.6 is 7.53 Å². The Bertz CT molecular complexity index is 1030. The minimum Gasteiger partial charge on any atom is -0.294 e. The molecule has 32 heavy (non-hydrogen) atoms. The summed E-state index contributed by atoms with van der Waals surface area (Å²) in [7, 11) is -0.955. The lowest BCUT2D eigenvalue weighted by atomic mass is 9.71. The Kier molecular flexibility index (Phi) is 7.43. The van der Waals surface area contributed by atoms with Crippen molar-refractivity contribution >= 4 is 19.1 Å². The fourth-order valence-electron chi connectivity index (χ4n) is 4.46. The van der Waals surface area contributed by atoms with Crippen molar-refractivity contribution in [3.63, 3.8) is 0 Å². The third-order valence-electron chi connectivity index (χ3n) is 6.07. The standard InChI is InChI=1S/C29H43O2P/c1-13-21(30)23-15-18(3)17-32(23)26-20(28(7,8)9)16-19(27(4,5)6)24(22(31)14-2)25(26)29(10,11)12/h15-17H,13-14H2,1-12H3. The lowest BCUT2D eigenvalue weighted by Crippen LogP contribution is -2.27. The molecule has 0 N–H and O–H groups in total. The van der Waals surface area contributed by atoms with Crippen LogP contribution in [0.15, 0.2) is 17.9 Å². The summed E-state index contributed by atoms with van der Waals surface area (Å²) in [4.78, 5) is 26.5. The van der Waals surface area contributed by atoms with Gasteiger partial charge in [-0.15, -0.1) is 0 Å². The molecule has 0 aliphatic rings. The highest BCUT2D eigenvalue weighted by molar-refractivity contribution is 7.58. The molecule has 0 saturated heterocycles. The minimum absolute atomic E-state index is 0.115. The number of Topliss-reactive ketones (excluding diaryl/α,β-unsaturated/α-hetero) is 2. The molecular weight excluding hydrogens is 411 g/mol. The molecular formula is C29H43O2P. The van der Waals surface area contributed by atoms with Crippen LogP contribution in [0.2, 0.25) is 0 Å². The second-order valence-electron chi connectivity index (χ2n) is 12.1. The van der Waals surface area contributed by atoms with Gasteiger partial charge in [0.2, 0.25) is 0 Å². The van der Waals surface area contributed by atoms with Crippen LogP contribution in [0.4, 0.5) is 0 Å². The van der Waals surface area contributed by atoms with Crippen molar-refractivity contribution in [2.24, 2.45) is 0 Å². The van der Waals surface area contributed by atoms with E-state index in [0.717, 1.165) is 27.5 Å².